The number of nitrogens with one attached hydrogen (secondary N) is 1. The Balaban J connectivity index is 2.44. The van der Waals surface area contributed by atoms with Crippen LogP contribution in [0.3, 0.4) is 0 Å². The number of halogens is 5. The Morgan fingerprint density at radius 3 is 2.11 bits per heavy atom. The number of carboxylic acids is 1. The maximum atomic E-state index is 14.6. The smallest absolute Gasteiger partial charge is 0.334 e. The number of anilines is 1. The van der Waals surface area contributed by atoms with Crippen molar-refractivity contribution in [1.82, 2.24) is 9.78 Å². The predicted molar refractivity (Wildman–Crippen MR) is 89.2 cm³/mol. The number of aryl methyl sites for hydroxylation is 2. The van der Waals surface area contributed by atoms with Crippen LogP contribution in [0.5, 0.6) is 0 Å². The molecule has 2 aromatic rings. The fourth-order valence-corrected chi connectivity index (χ4v) is 3.52. The van der Waals surface area contributed by atoms with Crippen LogP contribution in [0.4, 0.5) is 27.8 Å². The van der Waals surface area contributed by atoms with Crippen LogP contribution in [0.25, 0.3) is 0 Å². The van der Waals surface area contributed by atoms with E-state index in [-0.39, 0.29) is 17.1 Å². The second kappa shape index (κ2) is 6.92. The van der Waals surface area contributed by atoms with E-state index in [4.69, 9.17) is 0 Å². The molecular formula is C18H16F5N3O2. The Hall–Kier alpha value is -2.91. The van der Waals surface area contributed by atoms with Gasteiger partial charge in [0.25, 0.3) is 0 Å². The van der Waals surface area contributed by atoms with Crippen LogP contribution in [0.1, 0.15) is 43.0 Å². The van der Waals surface area contributed by atoms with Gasteiger partial charge in [0.05, 0.1) is 17.2 Å². The lowest BCUT2D eigenvalue weighted by Gasteiger charge is -2.28. The largest absolute Gasteiger partial charge is 0.478 e. The van der Waals surface area contributed by atoms with Gasteiger partial charge in [-0.05, 0) is 13.3 Å². The van der Waals surface area contributed by atoms with Gasteiger partial charge in [0.1, 0.15) is 5.82 Å². The summed E-state index contributed by atoms with van der Waals surface area (Å²) >= 11 is 0. The lowest BCUT2D eigenvalue weighted by molar-refractivity contribution is -0.133. The highest BCUT2D eigenvalue weighted by Gasteiger charge is 2.42. The lowest BCUT2D eigenvalue weighted by Crippen LogP contribution is -2.26. The molecule has 0 aliphatic carbocycles. The van der Waals surface area contributed by atoms with E-state index in [1.54, 1.807) is 0 Å². The van der Waals surface area contributed by atoms with Gasteiger partial charge < -0.3 is 10.4 Å². The summed E-state index contributed by atoms with van der Waals surface area (Å²) in [5, 5.41) is 16.7. The first kappa shape index (κ1) is 19.8. The molecule has 0 saturated heterocycles. The molecular weight excluding hydrogens is 385 g/mol. The summed E-state index contributed by atoms with van der Waals surface area (Å²) in [6.07, 6.45) is 0.890. The van der Waals surface area contributed by atoms with Gasteiger partial charge >= 0.3 is 5.97 Å². The van der Waals surface area contributed by atoms with Crippen LogP contribution in [0.15, 0.2) is 11.3 Å². The highest BCUT2D eigenvalue weighted by molar-refractivity contribution is 5.93. The number of hydrogen-bond donors (Lipinski definition) is 2. The Kier molecular flexibility index (Phi) is 4.90. The van der Waals surface area contributed by atoms with E-state index in [2.05, 4.69) is 10.4 Å². The number of allylic oxidation sites excluding steroid dienone is 1. The molecule has 0 fully saturated rings. The first-order valence-electron chi connectivity index (χ1n) is 8.39. The Morgan fingerprint density at radius 2 is 1.61 bits per heavy atom. The molecule has 0 spiro atoms. The van der Waals surface area contributed by atoms with Gasteiger partial charge in [0.2, 0.25) is 5.82 Å². The van der Waals surface area contributed by atoms with E-state index >= 15 is 0 Å². The zero-order valence-corrected chi connectivity index (χ0v) is 15.1. The number of aliphatic carboxylic acids is 1. The number of rotatable bonds is 4. The number of aromatic nitrogens is 2. The van der Waals surface area contributed by atoms with E-state index in [1.807, 2.05) is 6.92 Å². The quantitative estimate of drug-likeness (QED) is 0.462. The van der Waals surface area contributed by atoms with Crippen LogP contribution in [0, 0.1) is 29.1 Å². The minimum absolute atomic E-state index is 0.0139. The molecule has 1 aliphatic heterocycles. The van der Waals surface area contributed by atoms with E-state index in [0.717, 1.165) is 0 Å². The molecule has 1 aromatic heterocycles. The van der Waals surface area contributed by atoms with Crippen molar-refractivity contribution >= 4 is 11.8 Å². The van der Waals surface area contributed by atoms with E-state index < -0.39 is 52.1 Å². The molecule has 1 unspecified atom stereocenters. The van der Waals surface area contributed by atoms with Gasteiger partial charge in [-0.2, -0.15) is 5.10 Å². The zero-order valence-electron chi connectivity index (χ0n) is 15.1. The molecule has 1 aliphatic rings. The average Bonchev–Trinajstić information content (AvgIpc) is 2.93. The van der Waals surface area contributed by atoms with Crippen molar-refractivity contribution in [1.29, 1.82) is 0 Å². The van der Waals surface area contributed by atoms with Crippen molar-refractivity contribution < 1.29 is 31.9 Å². The molecule has 5 nitrogen and oxygen atoms in total. The van der Waals surface area contributed by atoms with Crippen molar-refractivity contribution in [3.63, 3.8) is 0 Å². The highest BCUT2D eigenvalue weighted by atomic mass is 19.2. The third-order valence-corrected chi connectivity index (χ3v) is 4.70. The van der Waals surface area contributed by atoms with Crippen LogP contribution in [-0.4, -0.2) is 20.9 Å². The fourth-order valence-electron chi connectivity index (χ4n) is 3.52. The van der Waals surface area contributed by atoms with Gasteiger partial charge in [0, 0.05) is 23.9 Å². The zero-order chi connectivity index (χ0) is 20.9. The molecule has 150 valence electrons. The van der Waals surface area contributed by atoms with Crippen molar-refractivity contribution in [2.75, 3.05) is 5.32 Å². The summed E-state index contributed by atoms with van der Waals surface area (Å²) in [5.74, 6) is -13.7. The summed E-state index contributed by atoms with van der Waals surface area (Å²) in [7, 11) is 1.53. The van der Waals surface area contributed by atoms with Crippen molar-refractivity contribution in [2.24, 2.45) is 7.05 Å². The van der Waals surface area contributed by atoms with E-state index in [9.17, 15) is 31.9 Å². The minimum atomic E-state index is -2.30. The van der Waals surface area contributed by atoms with Crippen molar-refractivity contribution in [3.8, 4) is 0 Å². The molecule has 0 radical (unpaired) electrons. The Labute approximate surface area is 156 Å². The molecule has 2 heterocycles. The molecule has 0 amide bonds. The van der Waals surface area contributed by atoms with Gasteiger partial charge in [-0.3, -0.25) is 4.68 Å². The molecule has 1 atom stereocenters. The summed E-state index contributed by atoms with van der Waals surface area (Å²) in [4.78, 5) is 11.9. The molecule has 3 rings (SSSR count). The molecule has 10 heteroatoms. The Bertz CT molecular complexity index is 1000. The Morgan fingerprint density at radius 1 is 1.07 bits per heavy atom. The summed E-state index contributed by atoms with van der Waals surface area (Å²) < 4.78 is 71.7. The highest BCUT2D eigenvalue weighted by Crippen LogP contribution is 2.46. The predicted octanol–water partition coefficient (Wildman–Crippen LogP) is 3.98. The average molecular weight is 401 g/mol. The second-order valence-corrected chi connectivity index (χ2v) is 6.47. The first-order chi connectivity index (χ1) is 13.1. The molecule has 1 aromatic carbocycles. The SMILES string of the molecule is CCCc1nn(C)c2c1C(c1c(F)c(F)c(F)c(F)c1F)C(C(=O)O)=C(C)N2. The number of fused-ring (bicyclic) bond motifs is 1. The molecule has 28 heavy (non-hydrogen) atoms. The van der Waals surface area contributed by atoms with Crippen LogP contribution < -0.4 is 5.32 Å². The summed E-state index contributed by atoms with van der Waals surface area (Å²) in [5.41, 5.74) is -1.31. The van der Waals surface area contributed by atoms with Crippen LogP contribution >= 0.6 is 0 Å². The van der Waals surface area contributed by atoms with Gasteiger partial charge in [-0.15, -0.1) is 0 Å². The van der Waals surface area contributed by atoms with Gasteiger partial charge in [0.15, 0.2) is 23.3 Å². The lowest BCUT2D eigenvalue weighted by atomic mass is 9.80. The maximum Gasteiger partial charge on any atom is 0.334 e. The normalized spacial score (nSPS) is 16.2. The van der Waals surface area contributed by atoms with E-state index in [0.29, 0.717) is 18.5 Å². The van der Waals surface area contributed by atoms with Crippen LogP contribution in [0.2, 0.25) is 0 Å². The molecule has 2 N–H and O–H groups in total. The van der Waals surface area contributed by atoms with E-state index in [1.165, 1.54) is 18.7 Å². The second-order valence-electron chi connectivity index (χ2n) is 6.47. The minimum Gasteiger partial charge on any atom is -0.478 e. The van der Waals surface area contributed by atoms with Crippen LogP contribution in [-0.2, 0) is 18.3 Å². The number of nitrogens with zero attached hydrogens (tertiary/aromatic N) is 2. The summed E-state index contributed by atoms with van der Waals surface area (Å²) in [6.45, 7) is 3.15. The number of hydrogen-bond acceptors (Lipinski definition) is 3. The maximum absolute atomic E-state index is 14.6. The number of carboxylic acid groups (broad SMARTS) is 1. The number of benzene rings is 1. The number of carbonyl (C=O) groups is 1. The summed E-state index contributed by atoms with van der Waals surface area (Å²) in [6, 6.07) is 0. The third-order valence-electron chi connectivity index (χ3n) is 4.70. The first-order valence-corrected chi connectivity index (χ1v) is 8.39. The fraction of sp³-hybridized carbons (Fsp3) is 0.333. The van der Waals surface area contributed by atoms with Crippen molar-refractivity contribution in [3.05, 3.63) is 57.2 Å². The van der Waals surface area contributed by atoms with Gasteiger partial charge in [-0.25, -0.2) is 26.7 Å². The molecule has 0 saturated carbocycles. The van der Waals surface area contributed by atoms with Gasteiger partial charge in [-0.1, -0.05) is 13.3 Å². The standard InChI is InChI=1S/C18H16F5N3O2/c1-4-5-7-9-10(11-12(19)14(21)16(23)15(22)13(11)20)8(18(27)28)6(2)24-17(9)26(3)25-7/h10,24H,4-5H2,1-3H3,(H,27,28). The molecule has 0 bridgehead atoms. The van der Waals surface area contributed by atoms with Crippen molar-refractivity contribution in [2.45, 2.75) is 32.6 Å². The topological polar surface area (TPSA) is 67.2 Å². The monoisotopic (exact) mass is 401 g/mol. The third kappa shape index (κ3) is 2.74.